The van der Waals surface area contributed by atoms with E-state index in [9.17, 15) is 4.79 Å². The summed E-state index contributed by atoms with van der Waals surface area (Å²) in [5.74, 6) is 1.86. The van der Waals surface area contributed by atoms with Crippen LogP contribution < -0.4 is 14.8 Å². The van der Waals surface area contributed by atoms with Crippen LogP contribution in [0.3, 0.4) is 0 Å². The number of anilines is 1. The minimum atomic E-state index is -0.118. The summed E-state index contributed by atoms with van der Waals surface area (Å²) >= 11 is 1.49. The first-order valence-electron chi connectivity index (χ1n) is 9.16. The van der Waals surface area contributed by atoms with Gasteiger partial charge in [0.15, 0.2) is 11.5 Å². The second-order valence-corrected chi connectivity index (χ2v) is 7.55. The van der Waals surface area contributed by atoms with E-state index in [1.165, 1.54) is 11.3 Å². The summed E-state index contributed by atoms with van der Waals surface area (Å²) in [6.45, 7) is 0.799. The summed E-state index contributed by atoms with van der Waals surface area (Å²) in [6, 6.07) is 18.6. The van der Waals surface area contributed by atoms with Crippen molar-refractivity contribution in [2.24, 2.45) is 0 Å². The normalized spacial score (nSPS) is 16.0. The lowest BCUT2D eigenvalue weighted by Crippen LogP contribution is -2.09. The van der Waals surface area contributed by atoms with E-state index in [1.807, 2.05) is 60.7 Å². The molecular weight excluding hydrogens is 374 g/mol. The van der Waals surface area contributed by atoms with Crippen LogP contribution in [-0.4, -0.2) is 19.6 Å². The van der Waals surface area contributed by atoms with Crippen LogP contribution in [0.4, 0.5) is 5.69 Å². The van der Waals surface area contributed by atoms with Gasteiger partial charge in [-0.2, -0.15) is 0 Å². The van der Waals surface area contributed by atoms with E-state index in [0.29, 0.717) is 27.8 Å². The standard InChI is InChI=1S/C22H21NO4S/c1-25-17-5-2-3-6-18(17)27-16-10-8-15(9-11-16)23-22(24)21-13-12-20(28-21)19-7-4-14-26-19/h2-3,5-6,8-13,19H,4,7,14H2,1H3,(H,23,24). The number of ether oxygens (including phenoxy) is 3. The Labute approximate surface area is 167 Å². The predicted octanol–water partition coefficient (Wildman–Crippen LogP) is 5.65. The lowest BCUT2D eigenvalue weighted by molar-refractivity contribution is 0.103. The number of hydrogen-bond donors (Lipinski definition) is 1. The Balaban J connectivity index is 1.39. The number of thiophene rings is 1. The van der Waals surface area contributed by atoms with Crippen LogP contribution in [0.2, 0.25) is 0 Å². The highest BCUT2D eigenvalue weighted by Gasteiger charge is 2.21. The molecule has 2 aromatic carbocycles. The Hall–Kier alpha value is -2.83. The van der Waals surface area contributed by atoms with Crippen LogP contribution in [-0.2, 0) is 4.74 Å². The van der Waals surface area contributed by atoms with Crippen molar-refractivity contribution in [1.29, 1.82) is 0 Å². The van der Waals surface area contributed by atoms with E-state index in [0.717, 1.165) is 24.3 Å². The number of hydrogen-bond acceptors (Lipinski definition) is 5. The molecule has 2 heterocycles. The Morgan fingerprint density at radius 1 is 1.07 bits per heavy atom. The second kappa shape index (κ2) is 8.46. The summed E-state index contributed by atoms with van der Waals surface area (Å²) in [5, 5.41) is 2.93. The van der Waals surface area contributed by atoms with E-state index in [1.54, 1.807) is 7.11 Å². The lowest BCUT2D eigenvalue weighted by atomic mass is 10.2. The molecule has 1 N–H and O–H groups in total. The molecule has 28 heavy (non-hydrogen) atoms. The van der Waals surface area contributed by atoms with Gasteiger partial charge in [-0.3, -0.25) is 4.79 Å². The largest absolute Gasteiger partial charge is 0.493 e. The Morgan fingerprint density at radius 2 is 1.86 bits per heavy atom. The summed E-state index contributed by atoms with van der Waals surface area (Å²) in [6.07, 6.45) is 2.24. The molecule has 3 aromatic rings. The number of carbonyl (C=O) groups is 1. The fourth-order valence-corrected chi connectivity index (χ4v) is 4.07. The van der Waals surface area contributed by atoms with Crippen LogP contribution in [0.25, 0.3) is 0 Å². The van der Waals surface area contributed by atoms with Gasteiger partial charge in [-0.1, -0.05) is 12.1 Å². The summed E-state index contributed by atoms with van der Waals surface area (Å²) in [4.78, 5) is 14.3. The van der Waals surface area contributed by atoms with E-state index < -0.39 is 0 Å². The summed E-state index contributed by atoms with van der Waals surface area (Å²) in [5.41, 5.74) is 0.712. The number of nitrogens with one attached hydrogen (secondary N) is 1. The molecule has 1 atom stereocenters. The van der Waals surface area contributed by atoms with Gasteiger partial charge in [0.1, 0.15) is 5.75 Å². The molecule has 0 aliphatic carbocycles. The molecule has 1 aromatic heterocycles. The first kappa shape index (κ1) is 18.5. The number of amides is 1. The maximum absolute atomic E-state index is 12.5. The third kappa shape index (κ3) is 4.18. The molecule has 1 aliphatic rings. The fraction of sp³-hybridized carbons (Fsp3) is 0.227. The van der Waals surface area contributed by atoms with Crippen LogP contribution in [0.15, 0.2) is 60.7 Å². The first-order chi connectivity index (χ1) is 13.7. The zero-order valence-electron chi connectivity index (χ0n) is 15.5. The number of rotatable bonds is 6. The van der Waals surface area contributed by atoms with Crippen molar-refractivity contribution in [2.75, 3.05) is 19.0 Å². The van der Waals surface area contributed by atoms with Crippen LogP contribution in [0.1, 0.15) is 33.5 Å². The summed E-state index contributed by atoms with van der Waals surface area (Å²) in [7, 11) is 1.61. The predicted molar refractivity (Wildman–Crippen MR) is 110 cm³/mol. The number of methoxy groups -OCH3 is 1. The molecule has 0 radical (unpaired) electrons. The van der Waals surface area contributed by atoms with Crippen molar-refractivity contribution >= 4 is 22.9 Å². The molecule has 1 saturated heterocycles. The first-order valence-corrected chi connectivity index (χ1v) is 9.98. The maximum Gasteiger partial charge on any atom is 0.265 e. The molecule has 1 amide bonds. The van der Waals surface area contributed by atoms with Crippen LogP contribution in [0.5, 0.6) is 17.2 Å². The van der Waals surface area contributed by atoms with Crippen LogP contribution in [0, 0.1) is 0 Å². The minimum absolute atomic E-state index is 0.118. The molecule has 144 valence electrons. The Morgan fingerprint density at radius 3 is 2.57 bits per heavy atom. The van der Waals surface area contributed by atoms with Gasteiger partial charge in [-0.25, -0.2) is 0 Å². The van der Waals surface area contributed by atoms with Crippen molar-refractivity contribution in [3.8, 4) is 17.2 Å². The van der Waals surface area contributed by atoms with Crippen molar-refractivity contribution in [1.82, 2.24) is 0 Å². The molecule has 5 nitrogen and oxygen atoms in total. The molecule has 4 rings (SSSR count). The fourth-order valence-electron chi connectivity index (χ4n) is 3.08. The van der Waals surface area contributed by atoms with E-state index >= 15 is 0 Å². The van der Waals surface area contributed by atoms with E-state index in [2.05, 4.69) is 5.32 Å². The highest BCUT2D eigenvalue weighted by Crippen LogP contribution is 2.34. The van der Waals surface area contributed by atoms with E-state index in [4.69, 9.17) is 14.2 Å². The average molecular weight is 395 g/mol. The quantitative estimate of drug-likeness (QED) is 0.586. The SMILES string of the molecule is COc1ccccc1Oc1ccc(NC(=O)c2ccc(C3CCCO3)s2)cc1. The highest BCUT2D eigenvalue weighted by atomic mass is 32.1. The topological polar surface area (TPSA) is 56.8 Å². The van der Waals surface area contributed by atoms with Gasteiger partial charge in [-0.15, -0.1) is 11.3 Å². The average Bonchev–Trinajstić information content (AvgIpc) is 3.42. The van der Waals surface area contributed by atoms with Gasteiger partial charge >= 0.3 is 0 Å². The van der Waals surface area contributed by atoms with Crippen molar-refractivity contribution in [3.05, 3.63) is 70.4 Å². The molecule has 0 bridgehead atoms. The van der Waals surface area contributed by atoms with Crippen molar-refractivity contribution < 1.29 is 19.0 Å². The molecule has 1 aliphatic heterocycles. The van der Waals surface area contributed by atoms with Crippen molar-refractivity contribution in [2.45, 2.75) is 18.9 Å². The highest BCUT2D eigenvalue weighted by molar-refractivity contribution is 7.14. The summed E-state index contributed by atoms with van der Waals surface area (Å²) < 4.78 is 16.8. The molecule has 1 fully saturated rings. The Bertz CT molecular complexity index is 945. The lowest BCUT2D eigenvalue weighted by Gasteiger charge is -2.10. The smallest absolute Gasteiger partial charge is 0.265 e. The monoisotopic (exact) mass is 395 g/mol. The number of benzene rings is 2. The van der Waals surface area contributed by atoms with Crippen molar-refractivity contribution in [3.63, 3.8) is 0 Å². The molecule has 0 spiro atoms. The van der Waals surface area contributed by atoms with E-state index in [-0.39, 0.29) is 12.0 Å². The Kier molecular flexibility index (Phi) is 5.60. The zero-order chi connectivity index (χ0) is 19.3. The third-order valence-electron chi connectivity index (χ3n) is 4.51. The van der Waals surface area contributed by atoms with Gasteiger partial charge in [0.25, 0.3) is 5.91 Å². The van der Waals surface area contributed by atoms with Gasteiger partial charge < -0.3 is 19.5 Å². The van der Waals surface area contributed by atoms with Crippen LogP contribution >= 0.6 is 11.3 Å². The van der Waals surface area contributed by atoms with Gasteiger partial charge in [0.05, 0.1) is 18.1 Å². The second-order valence-electron chi connectivity index (χ2n) is 6.44. The molecule has 0 saturated carbocycles. The zero-order valence-corrected chi connectivity index (χ0v) is 16.3. The molecule has 1 unspecified atom stereocenters. The third-order valence-corrected chi connectivity index (χ3v) is 5.68. The van der Waals surface area contributed by atoms with Gasteiger partial charge in [0.2, 0.25) is 0 Å². The number of carbonyl (C=O) groups excluding carboxylic acids is 1. The minimum Gasteiger partial charge on any atom is -0.493 e. The van der Waals surface area contributed by atoms with Gasteiger partial charge in [-0.05, 0) is 61.4 Å². The van der Waals surface area contributed by atoms with Gasteiger partial charge in [0, 0.05) is 17.2 Å². The maximum atomic E-state index is 12.5. The number of para-hydroxylation sites is 2. The molecule has 6 heteroatoms. The molecular formula is C22H21NO4S.